The van der Waals surface area contributed by atoms with Gasteiger partial charge in [-0.3, -0.25) is 4.79 Å². The number of rotatable bonds is 4. The molecule has 2 heterocycles. The summed E-state index contributed by atoms with van der Waals surface area (Å²) in [6.07, 6.45) is 6.26. The predicted octanol–water partition coefficient (Wildman–Crippen LogP) is 2.13. The molecule has 146 valence electrons. The van der Waals surface area contributed by atoms with E-state index >= 15 is 0 Å². The van der Waals surface area contributed by atoms with E-state index in [0.29, 0.717) is 26.1 Å². The molecule has 3 aliphatic rings. The smallest absolute Gasteiger partial charge is 0.317 e. The minimum Gasteiger partial charge on any atom is -0.454 e. The van der Waals surface area contributed by atoms with Crippen LogP contribution in [0.5, 0.6) is 11.5 Å². The van der Waals surface area contributed by atoms with Crippen LogP contribution >= 0.6 is 0 Å². The Bertz CT molecular complexity index is 730. The van der Waals surface area contributed by atoms with E-state index in [-0.39, 0.29) is 30.1 Å². The van der Waals surface area contributed by atoms with Crippen molar-refractivity contribution in [2.75, 3.05) is 26.4 Å². The molecular weight excluding hydrogens is 346 g/mol. The minimum absolute atomic E-state index is 0.0856. The van der Waals surface area contributed by atoms with Gasteiger partial charge in [0.15, 0.2) is 11.5 Å². The third kappa shape index (κ3) is 3.55. The number of carbonyl (C=O) groups excluding carboxylic acids is 2. The predicted molar refractivity (Wildman–Crippen MR) is 99.6 cm³/mol. The van der Waals surface area contributed by atoms with Gasteiger partial charge in [-0.2, -0.15) is 0 Å². The van der Waals surface area contributed by atoms with Crippen LogP contribution in [0.15, 0.2) is 18.2 Å². The first kappa shape index (κ1) is 17.9. The standard InChI is InChI=1S/C20H27N3O4/c21-18(24)14-6-9-23(11-14)19(25)22-12-20(7-2-1-3-8-20)15-4-5-16-17(10-15)27-13-26-16/h4-5,10,14H,1-3,6-9,11-13H2,(H2,21,24)(H,22,25). The fraction of sp³-hybridized carbons (Fsp3) is 0.600. The number of primary amides is 1. The second kappa shape index (κ2) is 7.29. The molecule has 1 aliphatic carbocycles. The number of nitrogens with zero attached hydrogens (tertiary/aromatic N) is 1. The van der Waals surface area contributed by atoms with Gasteiger partial charge in [0.2, 0.25) is 12.7 Å². The average Bonchev–Trinajstić information content (AvgIpc) is 3.35. The van der Waals surface area contributed by atoms with E-state index in [2.05, 4.69) is 17.4 Å². The summed E-state index contributed by atoms with van der Waals surface area (Å²) in [4.78, 5) is 25.7. The molecule has 7 nitrogen and oxygen atoms in total. The van der Waals surface area contributed by atoms with E-state index in [9.17, 15) is 9.59 Å². The van der Waals surface area contributed by atoms with Crippen LogP contribution in [-0.2, 0) is 10.2 Å². The number of nitrogens with two attached hydrogens (primary N) is 1. The third-order valence-electron chi connectivity index (χ3n) is 6.25. The normalized spacial score (nSPS) is 23.3. The molecule has 4 rings (SSSR count). The van der Waals surface area contributed by atoms with Crippen molar-refractivity contribution >= 4 is 11.9 Å². The molecule has 2 fully saturated rings. The highest BCUT2D eigenvalue weighted by Crippen LogP contribution is 2.43. The number of benzene rings is 1. The van der Waals surface area contributed by atoms with Crippen molar-refractivity contribution in [3.05, 3.63) is 23.8 Å². The van der Waals surface area contributed by atoms with Gasteiger partial charge in [-0.05, 0) is 37.0 Å². The molecule has 1 saturated carbocycles. The molecular formula is C20H27N3O4. The van der Waals surface area contributed by atoms with Gasteiger partial charge in [-0.25, -0.2) is 4.79 Å². The van der Waals surface area contributed by atoms with E-state index in [1.54, 1.807) is 4.90 Å². The molecule has 27 heavy (non-hydrogen) atoms. The Morgan fingerprint density at radius 2 is 1.96 bits per heavy atom. The monoisotopic (exact) mass is 373 g/mol. The van der Waals surface area contributed by atoms with Gasteiger partial charge in [-0.1, -0.05) is 25.3 Å². The van der Waals surface area contributed by atoms with Crippen LogP contribution in [-0.4, -0.2) is 43.3 Å². The summed E-state index contributed by atoms with van der Waals surface area (Å²) >= 11 is 0. The van der Waals surface area contributed by atoms with E-state index in [1.807, 2.05) is 6.07 Å². The molecule has 1 aromatic rings. The van der Waals surface area contributed by atoms with Gasteiger partial charge in [0.05, 0.1) is 5.92 Å². The van der Waals surface area contributed by atoms with Crippen LogP contribution in [0.3, 0.4) is 0 Å². The lowest BCUT2D eigenvalue weighted by atomic mass is 9.69. The summed E-state index contributed by atoms with van der Waals surface area (Å²) in [6, 6.07) is 6.03. The van der Waals surface area contributed by atoms with Crippen LogP contribution in [0, 0.1) is 5.92 Å². The molecule has 0 radical (unpaired) electrons. The topological polar surface area (TPSA) is 93.9 Å². The number of ether oxygens (including phenoxy) is 2. The summed E-state index contributed by atoms with van der Waals surface area (Å²) in [5.41, 5.74) is 6.49. The van der Waals surface area contributed by atoms with Crippen molar-refractivity contribution in [2.24, 2.45) is 11.7 Å². The fourth-order valence-corrected chi connectivity index (χ4v) is 4.56. The maximum absolute atomic E-state index is 12.6. The summed E-state index contributed by atoms with van der Waals surface area (Å²) < 4.78 is 11.0. The third-order valence-corrected chi connectivity index (χ3v) is 6.25. The van der Waals surface area contributed by atoms with Gasteiger partial charge >= 0.3 is 6.03 Å². The summed E-state index contributed by atoms with van der Waals surface area (Å²) in [7, 11) is 0. The van der Waals surface area contributed by atoms with Gasteiger partial charge in [0, 0.05) is 25.0 Å². The molecule has 1 aromatic carbocycles. The first-order valence-corrected chi connectivity index (χ1v) is 9.80. The van der Waals surface area contributed by atoms with Crippen molar-refractivity contribution in [1.82, 2.24) is 10.2 Å². The summed E-state index contributed by atoms with van der Waals surface area (Å²) in [5, 5.41) is 3.12. The lowest BCUT2D eigenvalue weighted by Crippen LogP contribution is -2.47. The van der Waals surface area contributed by atoms with Crippen molar-refractivity contribution < 1.29 is 19.1 Å². The number of hydrogen-bond donors (Lipinski definition) is 2. The molecule has 3 amide bonds. The lowest BCUT2D eigenvalue weighted by Gasteiger charge is -2.38. The highest BCUT2D eigenvalue weighted by Gasteiger charge is 2.37. The first-order chi connectivity index (χ1) is 13.1. The molecule has 2 aliphatic heterocycles. The number of fused-ring (bicyclic) bond motifs is 1. The number of hydrogen-bond acceptors (Lipinski definition) is 4. The van der Waals surface area contributed by atoms with Crippen molar-refractivity contribution in [3.63, 3.8) is 0 Å². The molecule has 7 heteroatoms. The molecule has 0 aromatic heterocycles. The van der Waals surface area contributed by atoms with Gasteiger partial charge in [-0.15, -0.1) is 0 Å². The van der Waals surface area contributed by atoms with Gasteiger partial charge in [0.25, 0.3) is 0 Å². The summed E-state index contributed by atoms with van der Waals surface area (Å²) in [6.45, 7) is 1.84. The maximum Gasteiger partial charge on any atom is 0.317 e. The van der Waals surface area contributed by atoms with Crippen molar-refractivity contribution in [3.8, 4) is 11.5 Å². The Morgan fingerprint density at radius 3 is 2.70 bits per heavy atom. The average molecular weight is 373 g/mol. The zero-order chi connectivity index (χ0) is 18.9. The number of urea groups is 1. The van der Waals surface area contributed by atoms with E-state index in [4.69, 9.17) is 15.2 Å². The fourth-order valence-electron chi connectivity index (χ4n) is 4.56. The van der Waals surface area contributed by atoms with Crippen LogP contribution in [0.4, 0.5) is 4.79 Å². The zero-order valence-electron chi connectivity index (χ0n) is 15.5. The molecule has 1 atom stereocenters. The molecule has 3 N–H and O–H groups in total. The van der Waals surface area contributed by atoms with E-state index in [1.165, 1.54) is 12.0 Å². The van der Waals surface area contributed by atoms with Crippen LogP contribution in [0.25, 0.3) is 0 Å². The van der Waals surface area contributed by atoms with Crippen molar-refractivity contribution in [2.45, 2.75) is 43.9 Å². The Hall–Kier alpha value is -2.44. The van der Waals surface area contributed by atoms with Crippen molar-refractivity contribution in [1.29, 1.82) is 0 Å². The largest absolute Gasteiger partial charge is 0.454 e. The summed E-state index contributed by atoms with van der Waals surface area (Å²) in [5.74, 6) is 1.01. The number of nitrogens with one attached hydrogen (secondary N) is 1. The Kier molecular flexibility index (Phi) is 4.85. The molecule has 1 unspecified atom stereocenters. The minimum atomic E-state index is -0.325. The second-order valence-electron chi connectivity index (χ2n) is 7.90. The lowest BCUT2D eigenvalue weighted by molar-refractivity contribution is -0.121. The Morgan fingerprint density at radius 1 is 1.19 bits per heavy atom. The Balaban J connectivity index is 1.46. The number of carbonyl (C=O) groups is 2. The maximum atomic E-state index is 12.6. The van der Waals surface area contributed by atoms with Crippen LogP contribution < -0.4 is 20.5 Å². The highest BCUT2D eigenvalue weighted by atomic mass is 16.7. The number of likely N-dealkylation sites (tertiary alicyclic amines) is 1. The van der Waals surface area contributed by atoms with E-state index in [0.717, 1.165) is 37.2 Å². The molecule has 0 spiro atoms. The highest BCUT2D eigenvalue weighted by molar-refractivity contribution is 5.80. The van der Waals surface area contributed by atoms with Gasteiger partial charge < -0.3 is 25.4 Å². The SMILES string of the molecule is NC(=O)C1CCN(C(=O)NCC2(c3ccc4c(c3)OCO4)CCCCC2)C1. The van der Waals surface area contributed by atoms with Gasteiger partial charge in [0.1, 0.15) is 0 Å². The Labute approximate surface area is 159 Å². The van der Waals surface area contributed by atoms with Crippen LogP contribution in [0.1, 0.15) is 44.1 Å². The second-order valence-corrected chi connectivity index (χ2v) is 7.90. The zero-order valence-corrected chi connectivity index (χ0v) is 15.5. The van der Waals surface area contributed by atoms with E-state index < -0.39 is 0 Å². The molecule has 0 bridgehead atoms. The quantitative estimate of drug-likeness (QED) is 0.845. The number of amides is 3. The van der Waals surface area contributed by atoms with Crippen LogP contribution in [0.2, 0.25) is 0 Å². The first-order valence-electron chi connectivity index (χ1n) is 9.80. The molecule has 1 saturated heterocycles.